The molecular weight excluding hydrogens is 567 g/mol. The van der Waals surface area contributed by atoms with E-state index in [1.165, 1.54) is 0 Å². The van der Waals surface area contributed by atoms with Crippen molar-refractivity contribution >= 4 is 34.2 Å². The molecule has 0 fully saturated rings. The third-order valence-electron chi connectivity index (χ3n) is 5.65. The maximum atomic E-state index is 12.7. The zero-order valence-electron chi connectivity index (χ0n) is 20.8. The molecule has 0 spiro atoms. The quantitative estimate of drug-likeness (QED) is 0.248. The number of rotatable bonds is 9. The number of amides is 1. The van der Waals surface area contributed by atoms with Gasteiger partial charge in [0.1, 0.15) is 12.4 Å². The molecule has 8 heteroatoms. The van der Waals surface area contributed by atoms with Gasteiger partial charge in [-0.1, -0.05) is 41.6 Å². The van der Waals surface area contributed by atoms with Gasteiger partial charge >= 0.3 is 0 Å². The van der Waals surface area contributed by atoms with Crippen LogP contribution in [0.1, 0.15) is 17.0 Å². The van der Waals surface area contributed by atoms with E-state index >= 15 is 0 Å². The largest absolute Gasteiger partial charge is 0.491 e. The van der Waals surface area contributed by atoms with Crippen LogP contribution in [0.3, 0.4) is 0 Å². The Morgan fingerprint density at radius 1 is 1.03 bits per heavy atom. The third kappa shape index (κ3) is 6.70. The van der Waals surface area contributed by atoms with E-state index in [0.717, 1.165) is 49.4 Å². The van der Waals surface area contributed by atoms with Gasteiger partial charge in [-0.3, -0.25) is 4.79 Å². The minimum atomic E-state index is -0.0702. The molecule has 4 rings (SSSR count). The molecule has 0 radical (unpaired) electrons. The van der Waals surface area contributed by atoms with Gasteiger partial charge in [-0.15, -0.1) is 0 Å². The number of ether oxygens (including phenoxy) is 1. The van der Waals surface area contributed by atoms with Crippen LogP contribution in [0.5, 0.6) is 5.75 Å². The topological polar surface area (TPSA) is 80.5 Å². The number of halogens is 1. The van der Waals surface area contributed by atoms with Gasteiger partial charge in [-0.2, -0.15) is 4.98 Å². The average molecular weight is 596 g/mol. The van der Waals surface area contributed by atoms with Crippen LogP contribution in [-0.2, 0) is 11.2 Å². The normalized spacial score (nSPS) is 11.1. The standard InChI is InChI=1S/C28H29IN4O3/c1-18-15-22(28-30-19(2)36-32-28)9-11-24(18)21-7-5-20(6-8-21)16-27(34)31-23-10-12-25(29)26(17-23)35-14-13-33(3)4/h5-12,15,17H,13-14,16H2,1-4H3,(H,31,34). The number of aromatic nitrogens is 2. The molecule has 3 aromatic carbocycles. The summed E-state index contributed by atoms with van der Waals surface area (Å²) in [6.45, 7) is 5.25. The summed E-state index contributed by atoms with van der Waals surface area (Å²) < 4.78 is 12.0. The average Bonchev–Trinajstić information content (AvgIpc) is 3.28. The highest BCUT2D eigenvalue weighted by Gasteiger charge is 2.11. The Hall–Kier alpha value is -3.24. The fraction of sp³-hybridized carbons (Fsp3) is 0.250. The molecule has 0 aliphatic rings. The first kappa shape index (κ1) is 25.8. The van der Waals surface area contributed by atoms with Crippen molar-refractivity contribution in [2.75, 3.05) is 32.6 Å². The van der Waals surface area contributed by atoms with Crippen molar-refractivity contribution in [3.05, 3.63) is 81.3 Å². The van der Waals surface area contributed by atoms with E-state index < -0.39 is 0 Å². The monoisotopic (exact) mass is 596 g/mol. The summed E-state index contributed by atoms with van der Waals surface area (Å²) in [4.78, 5) is 19.0. The molecule has 0 aliphatic heterocycles. The molecule has 0 aliphatic carbocycles. The lowest BCUT2D eigenvalue weighted by Crippen LogP contribution is -2.19. The number of carbonyl (C=O) groups is 1. The van der Waals surface area contributed by atoms with Gasteiger partial charge in [0.25, 0.3) is 0 Å². The number of likely N-dealkylation sites (N-methyl/N-ethyl adjacent to an activating group) is 1. The Balaban J connectivity index is 1.38. The number of hydrogen-bond acceptors (Lipinski definition) is 6. The minimum Gasteiger partial charge on any atom is -0.491 e. The van der Waals surface area contributed by atoms with Gasteiger partial charge in [-0.25, -0.2) is 0 Å². The van der Waals surface area contributed by atoms with Crippen LogP contribution in [-0.4, -0.2) is 48.2 Å². The van der Waals surface area contributed by atoms with Gasteiger partial charge in [0.2, 0.25) is 17.6 Å². The van der Waals surface area contributed by atoms with E-state index in [2.05, 4.69) is 62.0 Å². The number of aryl methyl sites for hydroxylation is 2. The molecule has 1 heterocycles. The van der Waals surface area contributed by atoms with Crippen molar-refractivity contribution < 1.29 is 14.1 Å². The predicted molar refractivity (Wildman–Crippen MR) is 150 cm³/mol. The van der Waals surface area contributed by atoms with Crippen molar-refractivity contribution in [2.24, 2.45) is 0 Å². The number of benzene rings is 3. The van der Waals surface area contributed by atoms with Crippen molar-refractivity contribution in [1.82, 2.24) is 15.0 Å². The first-order valence-electron chi connectivity index (χ1n) is 11.7. The molecule has 36 heavy (non-hydrogen) atoms. The Kier molecular flexibility index (Phi) is 8.37. The van der Waals surface area contributed by atoms with Gasteiger partial charge in [0, 0.05) is 30.8 Å². The maximum absolute atomic E-state index is 12.7. The van der Waals surface area contributed by atoms with E-state index in [4.69, 9.17) is 9.26 Å². The van der Waals surface area contributed by atoms with Crippen molar-refractivity contribution in [2.45, 2.75) is 20.3 Å². The second-order valence-corrected chi connectivity index (χ2v) is 10.0. The molecule has 7 nitrogen and oxygen atoms in total. The van der Waals surface area contributed by atoms with E-state index in [1.54, 1.807) is 6.92 Å². The molecule has 1 N–H and O–H groups in total. The first-order chi connectivity index (χ1) is 17.3. The van der Waals surface area contributed by atoms with E-state index in [9.17, 15) is 4.79 Å². The number of nitrogens with one attached hydrogen (secondary N) is 1. The van der Waals surface area contributed by atoms with E-state index in [0.29, 0.717) is 18.3 Å². The summed E-state index contributed by atoms with van der Waals surface area (Å²) in [5.41, 5.74) is 5.91. The first-order valence-corrected chi connectivity index (χ1v) is 12.7. The lowest BCUT2D eigenvalue weighted by Gasteiger charge is -2.13. The van der Waals surface area contributed by atoms with Crippen molar-refractivity contribution in [3.63, 3.8) is 0 Å². The number of anilines is 1. The Bertz CT molecular complexity index is 1350. The number of hydrogen-bond donors (Lipinski definition) is 1. The molecule has 186 valence electrons. The highest BCUT2D eigenvalue weighted by atomic mass is 127. The summed E-state index contributed by atoms with van der Waals surface area (Å²) in [5.74, 6) is 1.83. The Labute approximate surface area is 225 Å². The molecule has 1 amide bonds. The fourth-order valence-electron chi connectivity index (χ4n) is 3.77. The molecule has 0 saturated carbocycles. The van der Waals surface area contributed by atoms with Crippen LogP contribution in [0.15, 0.2) is 65.2 Å². The SMILES string of the molecule is Cc1nc(-c2ccc(-c3ccc(CC(=O)Nc4ccc(I)c(OCCN(C)C)c4)cc3)c(C)c2)no1. The summed E-state index contributed by atoms with van der Waals surface area (Å²) in [6, 6.07) is 19.9. The fourth-order valence-corrected chi connectivity index (χ4v) is 4.26. The smallest absolute Gasteiger partial charge is 0.228 e. The molecular formula is C28H29IN4O3. The van der Waals surface area contributed by atoms with E-state index in [1.807, 2.05) is 62.6 Å². The van der Waals surface area contributed by atoms with Crippen LogP contribution in [0.25, 0.3) is 22.5 Å². The van der Waals surface area contributed by atoms with Crippen LogP contribution in [0.4, 0.5) is 5.69 Å². The van der Waals surface area contributed by atoms with Crippen LogP contribution in [0.2, 0.25) is 0 Å². The van der Waals surface area contributed by atoms with Gasteiger partial charge in [0.05, 0.1) is 9.99 Å². The summed E-state index contributed by atoms with van der Waals surface area (Å²) in [7, 11) is 4.01. The highest BCUT2D eigenvalue weighted by molar-refractivity contribution is 14.1. The lowest BCUT2D eigenvalue weighted by atomic mass is 9.97. The third-order valence-corrected chi connectivity index (χ3v) is 6.54. The molecule has 4 aromatic rings. The molecule has 1 aromatic heterocycles. The molecule has 0 saturated heterocycles. The Morgan fingerprint density at radius 3 is 2.44 bits per heavy atom. The second-order valence-electron chi connectivity index (χ2n) is 8.89. The van der Waals surface area contributed by atoms with Gasteiger partial charge < -0.3 is 19.5 Å². The van der Waals surface area contributed by atoms with Crippen LogP contribution in [0, 0.1) is 17.4 Å². The van der Waals surface area contributed by atoms with Gasteiger partial charge in [-0.05, 0) is 84.1 Å². The number of nitrogens with zero attached hydrogens (tertiary/aromatic N) is 3. The Morgan fingerprint density at radius 2 is 1.78 bits per heavy atom. The van der Waals surface area contributed by atoms with Gasteiger partial charge in [0.15, 0.2) is 0 Å². The molecule has 0 unspecified atom stereocenters. The van der Waals surface area contributed by atoms with Crippen molar-refractivity contribution in [1.29, 1.82) is 0 Å². The van der Waals surface area contributed by atoms with E-state index in [-0.39, 0.29) is 12.3 Å². The minimum absolute atomic E-state index is 0.0702. The van der Waals surface area contributed by atoms with Crippen molar-refractivity contribution in [3.8, 4) is 28.3 Å². The predicted octanol–water partition coefficient (Wildman–Crippen LogP) is 5.75. The second kappa shape index (κ2) is 11.7. The zero-order chi connectivity index (χ0) is 25.7. The number of carbonyl (C=O) groups excluding carboxylic acids is 1. The van der Waals surface area contributed by atoms with Crippen LogP contribution >= 0.6 is 22.6 Å². The van der Waals surface area contributed by atoms with Crippen LogP contribution < -0.4 is 10.1 Å². The summed E-state index contributed by atoms with van der Waals surface area (Å²) in [6.07, 6.45) is 0.290. The zero-order valence-corrected chi connectivity index (χ0v) is 23.0. The summed E-state index contributed by atoms with van der Waals surface area (Å²) >= 11 is 2.24. The maximum Gasteiger partial charge on any atom is 0.228 e. The molecule has 0 atom stereocenters. The summed E-state index contributed by atoms with van der Waals surface area (Å²) in [5, 5.41) is 6.98. The molecule has 0 bridgehead atoms. The lowest BCUT2D eigenvalue weighted by molar-refractivity contribution is -0.115. The highest BCUT2D eigenvalue weighted by Crippen LogP contribution is 2.28.